The minimum Gasteiger partial charge on any atom is -0.492 e. The van der Waals surface area contributed by atoms with E-state index in [1.54, 1.807) is 6.08 Å². The Balaban J connectivity index is 1.34. The van der Waals surface area contributed by atoms with E-state index in [2.05, 4.69) is 22.9 Å². The maximum Gasteiger partial charge on any atom is 0.293 e. The number of likely N-dealkylation sites (tertiary alicyclic amines) is 1. The number of hydrogen-bond acceptors (Lipinski definition) is 5. The second-order valence-corrected chi connectivity index (χ2v) is 11.3. The Kier molecular flexibility index (Phi) is 7.71. The number of carbonyl (C=O) groups excluding carboxylic acids is 3. The number of imide groups is 1. The third-order valence-electron chi connectivity index (χ3n) is 6.80. The number of amides is 3. The summed E-state index contributed by atoms with van der Waals surface area (Å²) in [4.78, 5) is 42.2. The van der Waals surface area contributed by atoms with Gasteiger partial charge in [0, 0.05) is 40.2 Å². The van der Waals surface area contributed by atoms with E-state index in [-0.39, 0.29) is 36.7 Å². The molecule has 192 valence electrons. The van der Waals surface area contributed by atoms with Crippen molar-refractivity contribution in [2.45, 2.75) is 26.3 Å². The van der Waals surface area contributed by atoms with Crippen molar-refractivity contribution in [2.24, 2.45) is 5.92 Å². The number of piperidine rings is 1. The number of halogens is 1. The molecule has 2 fully saturated rings. The Labute approximate surface area is 228 Å². The zero-order chi connectivity index (χ0) is 25.9. The number of fused-ring (bicyclic) bond motifs is 1. The summed E-state index contributed by atoms with van der Waals surface area (Å²) in [6.07, 6.45) is 5.71. The maximum atomic E-state index is 13.1. The van der Waals surface area contributed by atoms with Gasteiger partial charge in [0.1, 0.15) is 18.9 Å². The van der Waals surface area contributed by atoms with Gasteiger partial charge in [0.15, 0.2) is 0 Å². The molecule has 3 aromatic rings. The lowest BCUT2D eigenvalue weighted by molar-refractivity contribution is -0.133. The summed E-state index contributed by atoms with van der Waals surface area (Å²) in [5.74, 6) is 1.11. The van der Waals surface area contributed by atoms with Crippen LogP contribution in [0.1, 0.15) is 25.3 Å². The number of benzene rings is 2. The van der Waals surface area contributed by atoms with E-state index in [0.717, 1.165) is 58.6 Å². The van der Waals surface area contributed by atoms with E-state index in [1.807, 2.05) is 64.2 Å². The van der Waals surface area contributed by atoms with Gasteiger partial charge in [-0.15, -0.1) is 0 Å². The molecule has 3 amide bonds. The zero-order valence-electron chi connectivity index (χ0n) is 20.6. The molecule has 5 rings (SSSR count). The predicted molar refractivity (Wildman–Crippen MR) is 149 cm³/mol. The molecule has 1 aromatic heterocycles. The Bertz CT molecular complexity index is 1360. The Morgan fingerprint density at radius 1 is 1.14 bits per heavy atom. The van der Waals surface area contributed by atoms with Crippen LogP contribution in [0, 0.1) is 5.92 Å². The predicted octanol–water partition coefficient (Wildman–Crippen LogP) is 5.78. The number of thioether (sulfide) groups is 1. The number of aromatic nitrogens is 1. The number of ether oxygens (including phenoxy) is 1. The molecule has 2 aromatic carbocycles. The van der Waals surface area contributed by atoms with E-state index in [1.165, 1.54) is 4.90 Å². The van der Waals surface area contributed by atoms with Crippen LogP contribution in [-0.4, -0.2) is 57.7 Å². The Hall–Kier alpha value is -3.04. The molecule has 7 nitrogen and oxygen atoms in total. The summed E-state index contributed by atoms with van der Waals surface area (Å²) in [6.45, 7) is 4.44. The average Bonchev–Trinajstić information content (AvgIpc) is 3.35. The first-order chi connectivity index (χ1) is 17.9. The second-order valence-electron chi connectivity index (χ2n) is 9.43. The molecule has 0 N–H and O–H groups in total. The highest BCUT2D eigenvalue weighted by Crippen LogP contribution is 2.35. The smallest absolute Gasteiger partial charge is 0.293 e. The molecular weight excluding hydrogens is 554 g/mol. The van der Waals surface area contributed by atoms with Gasteiger partial charge in [-0.25, -0.2) is 0 Å². The van der Waals surface area contributed by atoms with Gasteiger partial charge >= 0.3 is 0 Å². The van der Waals surface area contributed by atoms with Gasteiger partial charge in [-0.3, -0.25) is 19.3 Å². The molecule has 2 aliphatic heterocycles. The molecule has 0 radical (unpaired) electrons. The van der Waals surface area contributed by atoms with Crippen LogP contribution < -0.4 is 4.74 Å². The van der Waals surface area contributed by atoms with Crippen LogP contribution >= 0.6 is 27.7 Å². The molecule has 9 heteroatoms. The monoisotopic (exact) mass is 581 g/mol. The number of nitrogens with zero attached hydrogens (tertiary/aromatic N) is 3. The lowest BCUT2D eigenvalue weighted by atomic mass is 9.99. The van der Waals surface area contributed by atoms with Crippen molar-refractivity contribution in [3.05, 3.63) is 69.7 Å². The summed E-state index contributed by atoms with van der Waals surface area (Å²) in [5, 5.41) is 0.598. The van der Waals surface area contributed by atoms with Gasteiger partial charge in [-0.1, -0.05) is 41.1 Å². The second kappa shape index (κ2) is 11.1. The third-order valence-corrected chi connectivity index (χ3v) is 8.20. The van der Waals surface area contributed by atoms with Crippen molar-refractivity contribution in [3.8, 4) is 5.75 Å². The fourth-order valence-electron chi connectivity index (χ4n) is 4.65. The van der Waals surface area contributed by atoms with Crippen molar-refractivity contribution in [2.75, 3.05) is 26.2 Å². The number of para-hydroxylation sites is 1. The highest BCUT2D eigenvalue weighted by atomic mass is 79.9. The highest BCUT2D eigenvalue weighted by molar-refractivity contribution is 9.10. The third kappa shape index (κ3) is 5.78. The molecular formula is C28H28BrN3O4S. The summed E-state index contributed by atoms with van der Waals surface area (Å²) in [6, 6.07) is 15.2. The highest BCUT2D eigenvalue weighted by Gasteiger charge is 2.35. The summed E-state index contributed by atoms with van der Waals surface area (Å²) < 4.78 is 8.50. The van der Waals surface area contributed by atoms with Crippen LogP contribution in [0.2, 0.25) is 0 Å². The lowest BCUT2D eigenvalue weighted by Crippen LogP contribution is -2.39. The van der Waals surface area contributed by atoms with Crippen LogP contribution in [-0.2, 0) is 16.1 Å². The maximum absolute atomic E-state index is 13.1. The minimum absolute atomic E-state index is 0.0945. The van der Waals surface area contributed by atoms with E-state index in [4.69, 9.17) is 4.74 Å². The van der Waals surface area contributed by atoms with Crippen LogP contribution in [0.25, 0.3) is 17.0 Å². The van der Waals surface area contributed by atoms with Gasteiger partial charge in [0.25, 0.3) is 11.1 Å². The van der Waals surface area contributed by atoms with Gasteiger partial charge in [-0.2, -0.15) is 0 Å². The van der Waals surface area contributed by atoms with Crippen LogP contribution in [0.15, 0.2) is 64.1 Å². The van der Waals surface area contributed by atoms with Crippen molar-refractivity contribution < 1.29 is 19.1 Å². The van der Waals surface area contributed by atoms with E-state index in [0.29, 0.717) is 16.6 Å². The van der Waals surface area contributed by atoms with Gasteiger partial charge < -0.3 is 14.2 Å². The molecule has 0 atom stereocenters. The number of hydrogen-bond donors (Lipinski definition) is 0. The Morgan fingerprint density at radius 3 is 2.65 bits per heavy atom. The Morgan fingerprint density at radius 2 is 1.89 bits per heavy atom. The van der Waals surface area contributed by atoms with Gasteiger partial charge in [-0.05, 0) is 66.9 Å². The van der Waals surface area contributed by atoms with Crippen LogP contribution in [0.5, 0.6) is 5.75 Å². The number of carbonyl (C=O) groups is 3. The van der Waals surface area contributed by atoms with Gasteiger partial charge in [0.2, 0.25) is 5.91 Å². The molecule has 0 bridgehead atoms. The van der Waals surface area contributed by atoms with E-state index >= 15 is 0 Å². The topological polar surface area (TPSA) is 71.8 Å². The standard InChI is InChI=1S/C28H28BrN3O4S/c1-19-9-11-30(12-10-19)26(33)18-31-17-20(23-16-21(29)7-8-24(23)31)15-25-27(34)32(28(35)37-25)13-14-36-22-5-3-2-4-6-22/h2-8,15-17,19H,9-14,18H2,1H3/b25-15-. The quantitative estimate of drug-likeness (QED) is 0.331. The molecule has 0 spiro atoms. The van der Waals surface area contributed by atoms with Crippen molar-refractivity contribution >= 4 is 61.7 Å². The molecule has 0 saturated carbocycles. The molecule has 3 heterocycles. The van der Waals surface area contributed by atoms with Crippen molar-refractivity contribution in [1.82, 2.24) is 14.4 Å². The van der Waals surface area contributed by atoms with Crippen LogP contribution in [0.4, 0.5) is 4.79 Å². The lowest BCUT2D eigenvalue weighted by Gasteiger charge is -2.30. The minimum atomic E-state index is -0.332. The fourth-order valence-corrected chi connectivity index (χ4v) is 5.87. The first-order valence-corrected chi connectivity index (χ1v) is 14.0. The summed E-state index contributed by atoms with van der Waals surface area (Å²) >= 11 is 4.46. The molecule has 37 heavy (non-hydrogen) atoms. The van der Waals surface area contributed by atoms with Crippen molar-refractivity contribution in [1.29, 1.82) is 0 Å². The normalized spacial score (nSPS) is 17.8. The zero-order valence-corrected chi connectivity index (χ0v) is 23.0. The fraction of sp³-hybridized carbons (Fsp3) is 0.321. The molecule has 2 aliphatic rings. The van der Waals surface area contributed by atoms with Crippen molar-refractivity contribution in [3.63, 3.8) is 0 Å². The summed E-state index contributed by atoms with van der Waals surface area (Å²) in [5.41, 5.74) is 1.70. The molecule has 0 unspecified atom stereocenters. The summed E-state index contributed by atoms with van der Waals surface area (Å²) in [7, 11) is 0. The SMILES string of the molecule is CC1CCN(C(=O)Cn2cc(/C=C3\SC(=O)N(CCOc4ccccc4)C3=O)c3cc(Br)ccc32)CC1. The first kappa shape index (κ1) is 25.6. The molecule has 2 saturated heterocycles. The largest absolute Gasteiger partial charge is 0.492 e. The number of rotatable bonds is 7. The van der Waals surface area contributed by atoms with Crippen LogP contribution in [0.3, 0.4) is 0 Å². The van der Waals surface area contributed by atoms with E-state index < -0.39 is 0 Å². The average molecular weight is 583 g/mol. The van der Waals surface area contributed by atoms with Gasteiger partial charge in [0.05, 0.1) is 11.4 Å². The molecule has 0 aliphatic carbocycles. The van der Waals surface area contributed by atoms with E-state index in [9.17, 15) is 14.4 Å². The first-order valence-electron chi connectivity index (χ1n) is 12.4.